The second kappa shape index (κ2) is 30.8. The lowest BCUT2D eigenvalue weighted by atomic mass is 10.1. The summed E-state index contributed by atoms with van der Waals surface area (Å²) < 4.78 is 8.58. The van der Waals surface area contributed by atoms with E-state index in [2.05, 4.69) is 26.0 Å². The van der Waals surface area contributed by atoms with Crippen LogP contribution in [0, 0.1) is 22.7 Å². The number of unbranched alkanes of at least 4 members (excludes halogenated alkanes) is 18. The molecule has 0 spiro atoms. The van der Waals surface area contributed by atoms with Crippen LogP contribution in [0.15, 0.2) is 25.4 Å². The maximum Gasteiger partial charge on any atom is 0.0717 e. The lowest BCUT2D eigenvalue weighted by molar-refractivity contribution is 0.563. The van der Waals surface area contributed by atoms with Crippen LogP contribution in [0.4, 0.5) is 0 Å². The third-order valence-electron chi connectivity index (χ3n) is 7.60. The largest absolute Gasteiger partial charge is 0.198 e. The molecule has 0 fully saturated rings. The number of rotatable bonds is 30. The fraction of sp³-hybridized carbons (Fsp3) is 0.778. The van der Waals surface area contributed by atoms with Crippen molar-refractivity contribution in [2.45, 2.75) is 155 Å². The predicted molar refractivity (Wildman–Crippen MR) is 225 cm³/mol. The molecule has 0 bridgehead atoms. The lowest BCUT2D eigenvalue weighted by Crippen LogP contribution is -1.84. The zero-order chi connectivity index (χ0) is 32.9. The van der Waals surface area contributed by atoms with Crippen molar-refractivity contribution in [3.05, 3.63) is 25.4 Å². The highest BCUT2D eigenvalue weighted by Crippen LogP contribution is 2.66. The number of hydrogen-bond acceptors (Lipinski definition) is 10. The average Bonchev–Trinajstić information content (AvgIpc) is 3.66. The molecule has 46 heavy (non-hydrogen) atoms. The summed E-state index contributed by atoms with van der Waals surface area (Å²) in [6.07, 6.45) is 28.8. The van der Waals surface area contributed by atoms with Gasteiger partial charge >= 0.3 is 0 Å². The number of nitriles is 2. The summed E-state index contributed by atoms with van der Waals surface area (Å²) in [7, 11) is 0. The van der Waals surface area contributed by atoms with Crippen molar-refractivity contribution >= 4 is 94.1 Å². The van der Waals surface area contributed by atoms with Gasteiger partial charge in [0, 0.05) is 24.3 Å². The van der Waals surface area contributed by atoms with Crippen molar-refractivity contribution < 1.29 is 0 Å². The summed E-state index contributed by atoms with van der Waals surface area (Å²) in [5, 5.41) is 18.3. The molecule has 0 saturated carbocycles. The van der Waals surface area contributed by atoms with Crippen molar-refractivity contribution in [2.24, 2.45) is 0 Å². The standard InChI is InChI=1S/C36H58N2S8/c1-3-5-7-9-11-13-15-17-19-21-27-39-31-33(41-29-23-25-37)45-35(43-31)36-44-32(34(46-36)42-30-24-26-38)40-28-22-20-18-16-14-12-10-8-6-4-2/h3-24,27-30H2,1-2H3/b36-35+. The number of hydrogen-bond donors (Lipinski definition) is 0. The zero-order valence-corrected chi connectivity index (χ0v) is 35.1. The molecule has 2 rings (SSSR count). The fourth-order valence-electron chi connectivity index (χ4n) is 4.95. The Bertz CT molecular complexity index is 917. The zero-order valence-electron chi connectivity index (χ0n) is 28.5. The van der Waals surface area contributed by atoms with Crippen LogP contribution >= 0.6 is 94.1 Å². The number of nitrogens with zero attached hydrogens (tertiary/aromatic N) is 2. The van der Waals surface area contributed by atoms with Crippen LogP contribution in [0.5, 0.6) is 0 Å². The van der Waals surface area contributed by atoms with Gasteiger partial charge in [0.15, 0.2) is 0 Å². The van der Waals surface area contributed by atoms with Crippen molar-refractivity contribution in [1.82, 2.24) is 0 Å². The van der Waals surface area contributed by atoms with E-state index in [9.17, 15) is 0 Å². The molecule has 2 aliphatic heterocycles. The van der Waals surface area contributed by atoms with E-state index in [1.165, 1.54) is 165 Å². The van der Waals surface area contributed by atoms with Gasteiger partial charge in [-0.15, -0.1) is 47.0 Å². The van der Waals surface area contributed by atoms with Crippen LogP contribution in [0.25, 0.3) is 0 Å². The lowest BCUT2D eigenvalue weighted by Gasteiger charge is -2.05. The molecule has 0 unspecified atom stereocenters. The summed E-state index contributed by atoms with van der Waals surface area (Å²) in [5.74, 6) is 4.13. The third-order valence-corrected chi connectivity index (χ3v) is 19.3. The highest BCUT2D eigenvalue weighted by atomic mass is 32.3. The molecular formula is C36H58N2S8. The summed E-state index contributed by atoms with van der Waals surface area (Å²) in [4.78, 5) is 0. The minimum atomic E-state index is 0.603. The van der Waals surface area contributed by atoms with E-state index in [1.807, 2.05) is 94.1 Å². The van der Waals surface area contributed by atoms with Gasteiger partial charge in [-0.3, -0.25) is 0 Å². The van der Waals surface area contributed by atoms with Gasteiger partial charge in [0.25, 0.3) is 0 Å². The topological polar surface area (TPSA) is 47.6 Å². The van der Waals surface area contributed by atoms with Crippen molar-refractivity contribution in [3.8, 4) is 12.1 Å². The molecule has 0 amide bonds. The van der Waals surface area contributed by atoms with Gasteiger partial charge < -0.3 is 0 Å². The second-order valence-corrected chi connectivity index (χ2v) is 21.8. The molecule has 2 nitrogen and oxygen atoms in total. The molecule has 0 aromatic heterocycles. The van der Waals surface area contributed by atoms with Crippen LogP contribution in [-0.2, 0) is 0 Å². The van der Waals surface area contributed by atoms with Crippen LogP contribution < -0.4 is 0 Å². The molecule has 260 valence electrons. The van der Waals surface area contributed by atoms with Crippen molar-refractivity contribution in [3.63, 3.8) is 0 Å². The fourth-order valence-corrected chi connectivity index (χ4v) is 16.9. The third kappa shape index (κ3) is 20.6. The first kappa shape index (κ1) is 43.2. The molecule has 0 aromatic carbocycles. The normalized spacial score (nSPS) is 16.5. The Labute approximate surface area is 317 Å². The molecule has 2 heterocycles. The van der Waals surface area contributed by atoms with Gasteiger partial charge in [-0.2, -0.15) is 10.5 Å². The van der Waals surface area contributed by atoms with Crippen LogP contribution in [0.3, 0.4) is 0 Å². The monoisotopic (exact) mass is 774 g/mol. The smallest absolute Gasteiger partial charge is 0.0717 e. The van der Waals surface area contributed by atoms with E-state index in [0.717, 1.165) is 11.5 Å². The Morgan fingerprint density at radius 1 is 0.391 bits per heavy atom. The van der Waals surface area contributed by atoms with Gasteiger partial charge in [0.2, 0.25) is 0 Å². The van der Waals surface area contributed by atoms with E-state index in [-0.39, 0.29) is 0 Å². The highest BCUT2D eigenvalue weighted by Gasteiger charge is 2.30. The Kier molecular flexibility index (Phi) is 28.9. The van der Waals surface area contributed by atoms with Crippen LogP contribution in [0.2, 0.25) is 0 Å². The molecule has 2 aliphatic rings. The maximum absolute atomic E-state index is 9.13. The molecule has 0 radical (unpaired) electrons. The van der Waals surface area contributed by atoms with Gasteiger partial charge in [-0.05, 0) is 24.3 Å². The molecule has 10 heteroatoms. The number of thioether (sulfide) groups is 8. The average molecular weight is 775 g/mol. The Morgan fingerprint density at radius 3 is 0.935 bits per heavy atom. The molecule has 0 saturated heterocycles. The van der Waals surface area contributed by atoms with Gasteiger partial charge in [-0.25, -0.2) is 0 Å². The summed E-state index contributed by atoms with van der Waals surface area (Å²) >= 11 is 15.7. The van der Waals surface area contributed by atoms with E-state index < -0.39 is 0 Å². The van der Waals surface area contributed by atoms with Crippen molar-refractivity contribution in [1.29, 1.82) is 10.5 Å². The quantitative estimate of drug-likeness (QED) is 0.0659. The maximum atomic E-state index is 9.13. The minimum absolute atomic E-state index is 0.603. The van der Waals surface area contributed by atoms with E-state index in [4.69, 9.17) is 10.5 Å². The van der Waals surface area contributed by atoms with Gasteiger partial charge in [0.05, 0.1) is 37.6 Å². The highest BCUT2D eigenvalue weighted by molar-refractivity contribution is 8.45. The first-order valence-corrected chi connectivity index (χ1v) is 25.1. The van der Waals surface area contributed by atoms with Crippen LogP contribution in [-0.4, -0.2) is 23.0 Å². The van der Waals surface area contributed by atoms with E-state index >= 15 is 0 Å². The Morgan fingerprint density at radius 2 is 0.652 bits per heavy atom. The summed E-state index contributed by atoms with van der Waals surface area (Å²) in [6.45, 7) is 4.58. The predicted octanol–water partition coefficient (Wildman–Crippen LogP) is 15.9. The molecule has 0 atom stereocenters. The summed E-state index contributed by atoms with van der Waals surface area (Å²) in [5.41, 5.74) is 0. The summed E-state index contributed by atoms with van der Waals surface area (Å²) in [6, 6.07) is 4.65. The Hall–Kier alpha value is 1.000. The minimum Gasteiger partial charge on any atom is -0.198 e. The van der Waals surface area contributed by atoms with E-state index in [1.54, 1.807) is 0 Å². The first-order chi connectivity index (χ1) is 22.7. The van der Waals surface area contributed by atoms with Gasteiger partial charge in [-0.1, -0.05) is 176 Å². The molecule has 0 N–H and O–H groups in total. The van der Waals surface area contributed by atoms with E-state index in [0.29, 0.717) is 12.8 Å². The first-order valence-electron chi connectivity index (χ1n) is 17.9. The second-order valence-electron chi connectivity index (χ2n) is 11.7. The van der Waals surface area contributed by atoms with Crippen molar-refractivity contribution in [2.75, 3.05) is 23.0 Å². The Balaban J connectivity index is 1.80. The van der Waals surface area contributed by atoms with Gasteiger partial charge in [0.1, 0.15) is 0 Å². The SMILES string of the molecule is CCCCCCCCCCCCSC1=C(SCCC#N)S/C(=C2/SC(SCCC#N)=C(SCCCCCCCCCCCC)S2)S1. The van der Waals surface area contributed by atoms with Crippen LogP contribution in [0.1, 0.15) is 155 Å². The molecule has 0 aliphatic carbocycles. The molecular weight excluding hydrogens is 717 g/mol. The molecule has 0 aromatic rings.